The van der Waals surface area contributed by atoms with Crippen LogP contribution in [0.25, 0.3) is 11.7 Å². The molecule has 3 aromatic heterocycles. The minimum absolute atomic E-state index is 0.393. The number of nitrogens with zero attached hydrogens (tertiary/aromatic N) is 3. The van der Waals surface area contributed by atoms with Crippen molar-refractivity contribution in [1.82, 2.24) is 14.9 Å². The molecule has 3 aromatic rings. The Morgan fingerprint density at radius 3 is 2.92 bits per heavy atom. The number of furan rings is 1. The molecule has 1 atom stereocenters. The van der Waals surface area contributed by atoms with Crippen LogP contribution in [-0.2, 0) is 6.54 Å². The molecule has 0 N–H and O–H groups in total. The second kappa shape index (κ2) is 6.53. The van der Waals surface area contributed by atoms with E-state index in [1.165, 1.54) is 17.8 Å². The van der Waals surface area contributed by atoms with Gasteiger partial charge in [-0.25, -0.2) is 9.97 Å². The van der Waals surface area contributed by atoms with E-state index < -0.39 is 0 Å². The van der Waals surface area contributed by atoms with Crippen molar-refractivity contribution in [3.05, 3.63) is 45.9 Å². The molecule has 0 aliphatic carbocycles. The molecule has 1 saturated heterocycles. The molecular formula is C18H21N3O2S. The highest BCUT2D eigenvalue weighted by molar-refractivity contribution is 7.09. The van der Waals surface area contributed by atoms with Crippen molar-refractivity contribution in [1.29, 1.82) is 0 Å². The molecule has 0 saturated carbocycles. The fraction of sp³-hybridized carbons (Fsp3) is 0.444. The van der Waals surface area contributed by atoms with Crippen LogP contribution in [0.15, 0.2) is 32.5 Å². The van der Waals surface area contributed by atoms with Crippen molar-refractivity contribution in [2.24, 2.45) is 0 Å². The van der Waals surface area contributed by atoms with E-state index in [0.717, 1.165) is 36.7 Å². The number of thiazole rings is 1. The van der Waals surface area contributed by atoms with Crippen molar-refractivity contribution in [3.8, 4) is 11.7 Å². The largest absolute Gasteiger partial charge is 0.456 e. The predicted octanol–water partition coefficient (Wildman–Crippen LogP) is 4.74. The molecule has 1 aliphatic heterocycles. The monoisotopic (exact) mass is 343 g/mol. The van der Waals surface area contributed by atoms with Crippen LogP contribution in [-0.4, -0.2) is 21.4 Å². The van der Waals surface area contributed by atoms with Gasteiger partial charge in [-0.3, -0.25) is 4.90 Å². The van der Waals surface area contributed by atoms with Crippen molar-refractivity contribution < 1.29 is 8.83 Å². The first-order valence-electron chi connectivity index (χ1n) is 8.37. The first kappa shape index (κ1) is 15.6. The van der Waals surface area contributed by atoms with E-state index in [9.17, 15) is 0 Å². The fourth-order valence-electron chi connectivity index (χ4n) is 3.28. The molecule has 0 spiro atoms. The Balaban J connectivity index is 1.56. The van der Waals surface area contributed by atoms with Crippen molar-refractivity contribution in [2.45, 2.75) is 45.7 Å². The predicted molar refractivity (Wildman–Crippen MR) is 92.8 cm³/mol. The minimum atomic E-state index is 0.393. The average molecular weight is 343 g/mol. The maximum absolute atomic E-state index is 5.84. The maximum Gasteiger partial charge on any atom is 0.263 e. The molecule has 0 radical (unpaired) electrons. The standard InChI is InChI=1S/C18H21N3O2S/c1-12-6-7-16(22-12)17-20-14(13(2)23-17)11-21-9-4-3-5-15(21)18-19-8-10-24-18/h6-8,10,15H,3-5,9,11H2,1-2H3. The maximum atomic E-state index is 5.84. The summed E-state index contributed by atoms with van der Waals surface area (Å²) in [4.78, 5) is 11.7. The highest BCUT2D eigenvalue weighted by Crippen LogP contribution is 2.34. The SMILES string of the molecule is Cc1ccc(-c2nc(CN3CCCCC3c3nccs3)c(C)o2)o1. The molecule has 6 heteroatoms. The molecule has 1 aliphatic rings. The molecule has 0 bridgehead atoms. The smallest absolute Gasteiger partial charge is 0.263 e. The highest BCUT2D eigenvalue weighted by Gasteiger charge is 2.27. The highest BCUT2D eigenvalue weighted by atomic mass is 32.1. The zero-order chi connectivity index (χ0) is 16.5. The van der Waals surface area contributed by atoms with Gasteiger partial charge in [0.2, 0.25) is 0 Å². The summed E-state index contributed by atoms with van der Waals surface area (Å²) in [7, 11) is 0. The van der Waals surface area contributed by atoms with Gasteiger partial charge in [0.15, 0.2) is 5.76 Å². The molecule has 1 fully saturated rings. The van der Waals surface area contributed by atoms with E-state index in [1.807, 2.05) is 32.2 Å². The van der Waals surface area contributed by atoms with Crippen LogP contribution in [0.5, 0.6) is 0 Å². The van der Waals surface area contributed by atoms with E-state index in [2.05, 4.69) is 20.2 Å². The summed E-state index contributed by atoms with van der Waals surface area (Å²) in [6.07, 6.45) is 5.54. The van der Waals surface area contributed by atoms with E-state index in [0.29, 0.717) is 17.7 Å². The van der Waals surface area contributed by atoms with Gasteiger partial charge < -0.3 is 8.83 Å². The second-order valence-electron chi connectivity index (χ2n) is 6.28. The van der Waals surface area contributed by atoms with Gasteiger partial charge in [0.25, 0.3) is 5.89 Å². The van der Waals surface area contributed by atoms with E-state index in [1.54, 1.807) is 11.3 Å². The number of oxazole rings is 1. The number of hydrogen-bond donors (Lipinski definition) is 0. The van der Waals surface area contributed by atoms with Crippen molar-refractivity contribution in [2.75, 3.05) is 6.54 Å². The summed E-state index contributed by atoms with van der Waals surface area (Å²) in [6, 6.07) is 4.23. The Morgan fingerprint density at radius 1 is 1.25 bits per heavy atom. The van der Waals surface area contributed by atoms with Crippen molar-refractivity contribution >= 4 is 11.3 Å². The summed E-state index contributed by atoms with van der Waals surface area (Å²) in [5.74, 6) is 2.99. The van der Waals surface area contributed by atoms with Gasteiger partial charge in [-0.1, -0.05) is 6.42 Å². The Bertz CT molecular complexity index is 806. The van der Waals surface area contributed by atoms with Crippen LogP contribution < -0.4 is 0 Å². The molecule has 1 unspecified atom stereocenters. The number of likely N-dealkylation sites (tertiary alicyclic amines) is 1. The van der Waals surface area contributed by atoms with Gasteiger partial charge in [-0.2, -0.15) is 0 Å². The lowest BCUT2D eigenvalue weighted by molar-refractivity contribution is 0.138. The third-order valence-corrected chi connectivity index (χ3v) is 5.42. The number of aryl methyl sites for hydroxylation is 2. The lowest BCUT2D eigenvalue weighted by Gasteiger charge is -2.33. The summed E-state index contributed by atoms with van der Waals surface area (Å²) in [6.45, 7) is 5.77. The molecule has 0 amide bonds. The van der Waals surface area contributed by atoms with Crippen LogP contribution in [0.4, 0.5) is 0 Å². The van der Waals surface area contributed by atoms with Gasteiger partial charge >= 0.3 is 0 Å². The van der Waals surface area contributed by atoms with E-state index in [-0.39, 0.29) is 0 Å². The quantitative estimate of drug-likeness (QED) is 0.685. The molecule has 5 nitrogen and oxygen atoms in total. The molecule has 126 valence electrons. The Labute approximate surface area is 145 Å². The molecule has 24 heavy (non-hydrogen) atoms. The summed E-state index contributed by atoms with van der Waals surface area (Å²) < 4.78 is 11.5. The summed E-state index contributed by atoms with van der Waals surface area (Å²) in [5, 5.41) is 3.26. The lowest BCUT2D eigenvalue weighted by Crippen LogP contribution is -2.33. The van der Waals surface area contributed by atoms with Crippen LogP contribution in [0.1, 0.15) is 47.5 Å². The van der Waals surface area contributed by atoms with Crippen molar-refractivity contribution in [3.63, 3.8) is 0 Å². The first-order chi connectivity index (χ1) is 11.7. The fourth-order valence-corrected chi connectivity index (χ4v) is 4.09. The average Bonchev–Trinajstić information content (AvgIpc) is 3.30. The third kappa shape index (κ3) is 3.03. The number of rotatable bonds is 4. The van der Waals surface area contributed by atoms with Crippen LogP contribution in [0.3, 0.4) is 0 Å². The number of piperidine rings is 1. The van der Waals surface area contributed by atoms with Crippen LogP contribution in [0.2, 0.25) is 0 Å². The zero-order valence-electron chi connectivity index (χ0n) is 14.0. The van der Waals surface area contributed by atoms with Gasteiger partial charge in [0.05, 0.1) is 11.7 Å². The minimum Gasteiger partial charge on any atom is -0.456 e. The van der Waals surface area contributed by atoms with Crippen LogP contribution in [0, 0.1) is 13.8 Å². The topological polar surface area (TPSA) is 55.3 Å². The first-order valence-corrected chi connectivity index (χ1v) is 9.25. The van der Waals surface area contributed by atoms with E-state index in [4.69, 9.17) is 8.83 Å². The Kier molecular flexibility index (Phi) is 4.24. The lowest BCUT2D eigenvalue weighted by atomic mass is 10.0. The van der Waals surface area contributed by atoms with Gasteiger partial charge in [-0.15, -0.1) is 11.3 Å². The summed E-state index contributed by atoms with van der Waals surface area (Å²) >= 11 is 1.74. The third-order valence-electron chi connectivity index (χ3n) is 4.55. The van der Waals surface area contributed by atoms with Gasteiger partial charge in [0.1, 0.15) is 16.5 Å². The van der Waals surface area contributed by atoms with Gasteiger partial charge in [-0.05, 0) is 45.4 Å². The zero-order valence-corrected chi connectivity index (χ0v) is 14.8. The normalized spacial score (nSPS) is 19.0. The van der Waals surface area contributed by atoms with Gasteiger partial charge in [0, 0.05) is 18.1 Å². The Hall–Kier alpha value is -1.92. The van der Waals surface area contributed by atoms with E-state index >= 15 is 0 Å². The summed E-state index contributed by atoms with van der Waals surface area (Å²) in [5.41, 5.74) is 0.988. The van der Waals surface area contributed by atoms with Crippen LogP contribution >= 0.6 is 11.3 Å². The molecule has 4 rings (SSSR count). The number of aromatic nitrogens is 2. The Morgan fingerprint density at radius 2 is 2.17 bits per heavy atom. The molecule has 0 aromatic carbocycles. The molecular weight excluding hydrogens is 322 g/mol. The number of hydrogen-bond acceptors (Lipinski definition) is 6. The second-order valence-corrected chi connectivity index (χ2v) is 7.21. The molecule has 4 heterocycles.